The molecule has 1 N–H and O–H groups in total. The number of ether oxygens (including phenoxy) is 1. The molecule has 1 atom stereocenters. The summed E-state index contributed by atoms with van der Waals surface area (Å²) in [5, 5.41) is 8.04. The molecular weight excluding hydrogens is 362 g/mol. The van der Waals surface area contributed by atoms with Crippen LogP contribution in [0.3, 0.4) is 0 Å². The summed E-state index contributed by atoms with van der Waals surface area (Å²) < 4.78 is 5.22. The number of aryl methyl sites for hydroxylation is 1. The smallest absolute Gasteiger partial charge is 0.273 e. The van der Waals surface area contributed by atoms with Crippen molar-refractivity contribution >= 4 is 17.5 Å². The maximum absolute atomic E-state index is 13.1. The van der Waals surface area contributed by atoms with E-state index in [1.807, 2.05) is 55.5 Å². The second-order valence-corrected chi connectivity index (χ2v) is 7.05. The van der Waals surface area contributed by atoms with Crippen LogP contribution in [0.2, 0.25) is 5.02 Å². The molecule has 0 saturated carbocycles. The van der Waals surface area contributed by atoms with Gasteiger partial charge in [0.25, 0.3) is 5.91 Å². The number of methoxy groups -OCH3 is 1. The Morgan fingerprint density at radius 1 is 1.19 bits per heavy atom. The average Bonchev–Trinajstić information content (AvgIpc) is 3.21. The summed E-state index contributed by atoms with van der Waals surface area (Å²) in [6.07, 6.45) is 0. The van der Waals surface area contributed by atoms with Crippen LogP contribution in [0.5, 0.6) is 0 Å². The van der Waals surface area contributed by atoms with Crippen molar-refractivity contribution in [3.8, 4) is 11.3 Å². The number of nitrogens with zero attached hydrogens (tertiary/aromatic N) is 2. The van der Waals surface area contributed by atoms with Crippen LogP contribution in [0.1, 0.15) is 33.2 Å². The van der Waals surface area contributed by atoms with Gasteiger partial charge in [-0.1, -0.05) is 59.6 Å². The highest BCUT2D eigenvalue weighted by Gasteiger charge is 2.42. The van der Waals surface area contributed by atoms with Gasteiger partial charge in [0.05, 0.1) is 18.3 Å². The summed E-state index contributed by atoms with van der Waals surface area (Å²) in [5.74, 6) is -0.0853. The minimum Gasteiger partial charge on any atom is -0.383 e. The quantitative estimate of drug-likeness (QED) is 0.719. The number of nitrogens with one attached hydrogen (secondary N) is 1. The van der Waals surface area contributed by atoms with Crippen molar-refractivity contribution in [2.24, 2.45) is 0 Å². The molecule has 4 rings (SSSR count). The fraction of sp³-hybridized carbons (Fsp3) is 0.238. The van der Waals surface area contributed by atoms with Gasteiger partial charge in [0.1, 0.15) is 5.69 Å². The third-order valence-corrected chi connectivity index (χ3v) is 5.27. The molecule has 6 heteroatoms. The number of amides is 1. The minimum absolute atomic E-state index is 0.0853. The summed E-state index contributed by atoms with van der Waals surface area (Å²) in [7, 11) is 1.63. The third kappa shape index (κ3) is 3.03. The average molecular weight is 382 g/mol. The molecule has 2 aromatic carbocycles. The molecular formula is C21H20ClN3O2. The zero-order valence-corrected chi connectivity index (χ0v) is 16.0. The number of H-pyrrole nitrogens is 1. The first-order chi connectivity index (χ1) is 13.1. The summed E-state index contributed by atoms with van der Waals surface area (Å²) >= 11 is 6.50. The molecule has 0 saturated heterocycles. The van der Waals surface area contributed by atoms with E-state index in [1.54, 1.807) is 12.0 Å². The standard InChI is InChI=1S/C21H20ClN3O2/c1-13-7-9-14(10-8-13)18-17-19(24-23-18)21(26)25(11-12-27-2)20(17)15-5-3-4-6-16(15)22/h3-10,20H,11-12H2,1-2H3,(H,23,24). The number of hydrogen-bond acceptors (Lipinski definition) is 3. The van der Waals surface area contributed by atoms with E-state index >= 15 is 0 Å². The van der Waals surface area contributed by atoms with E-state index < -0.39 is 0 Å². The number of carbonyl (C=O) groups is 1. The molecule has 1 aliphatic rings. The number of aromatic amines is 1. The van der Waals surface area contributed by atoms with Crippen molar-refractivity contribution in [3.05, 3.63) is 75.9 Å². The topological polar surface area (TPSA) is 58.2 Å². The molecule has 0 aliphatic carbocycles. The second-order valence-electron chi connectivity index (χ2n) is 6.64. The highest BCUT2D eigenvalue weighted by molar-refractivity contribution is 6.31. The predicted molar refractivity (Wildman–Crippen MR) is 105 cm³/mol. The summed E-state index contributed by atoms with van der Waals surface area (Å²) in [5.41, 5.74) is 5.20. The first-order valence-electron chi connectivity index (χ1n) is 8.81. The van der Waals surface area contributed by atoms with Gasteiger partial charge in [0.2, 0.25) is 0 Å². The van der Waals surface area contributed by atoms with E-state index in [0.29, 0.717) is 23.9 Å². The zero-order valence-electron chi connectivity index (χ0n) is 15.2. The Hall–Kier alpha value is -2.63. The number of hydrogen-bond donors (Lipinski definition) is 1. The van der Waals surface area contributed by atoms with Gasteiger partial charge in [-0.15, -0.1) is 0 Å². The number of carbonyl (C=O) groups excluding carboxylic acids is 1. The Kier molecular flexibility index (Phi) is 4.72. The van der Waals surface area contributed by atoms with Crippen LogP contribution in [-0.4, -0.2) is 41.3 Å². The molecule has 1 aliphatic heterocycles. The normalized spacial score (nSPS) is 16.0. The number of aromatic nitrogens is 2. The third-order valence-electron chi connectivity index (χ3n) is 4.92. The summed E-state index contributed by atoms with van der Waals surface area (Å²) in [4.78, 5) is 14.8. The van der Waals surface area contributed by atoms with E-state index in [-0.39, 0.29) is 11.9 Å². The van der Waals surface area contributed by atoms with Crippen LogP contribution >= 0.6 is 11.6 Å². The van der Waals surface area contributed by atoms with Gasteiger partial charge in [0, 0.05) is 29.8 Å². The SMILES string of the molecule is COCCN1C(=O)c2[nH]nc(-c3ccc(C)cc3)c2C1c1ccccc1Cl. The number of benzene rings is 2. The Bertz CT molecular complexity index is 981. The number of rotatable bonds is 5. The fourth-order valence-corrected chi connectivity index (χ4v) is 3.81. The maximum Gasteiger partial charge on any atom is 0.273 e. The van der Waals surface area contributed by atoms with Gasteiger partial charge in [-0.05, 0) is 18.6 Å². The second kappa shape index (κ2) is 7.18. The van der Waals surface area contributed by atoms with Gasteiger partial charge in [0.15, 0.2) is 0 Å². The number of fused-ring (bicyclic) bond motifs is 1. The highest BCUT2D eigenvalue weighted by atomic mass is 35.5. The molecule has 3 aromatic rings. The minimum atomic E-state index is -0.300. The molecule has 0 bridgehead atoms. The largest absolute Gasteiger partial charge is 0.383 e. The van der Waals surface area contributed by atoms with Crippen molar-refractivity contribution in [1.29, 1.82) is 0 Å². The molecule has 27 heavy (non-hydrogen) atoms. The van der Waals surface area contributed by atoms with E-state index in [2.05, 4.69) is 10.2 Å². The van der Waals surface area contributed by atoms with E-state index in [4.69, 9.17) is 16.3 Å². The van der Waals surface area contributed by atoms with E-state index in [1.165, 1.54) is 5.56 Å². The lowest BCUT2D eigenvalue weighted by Gasteiger charge is -2.26. The summed E-state index contributed by atoms with van der Waals surface area (Å²) in [6.45, 7) is 2.96. The van der Waals surface area contributed by atoms with E-state index in [0.717, 1.165) is 22.4 Å². The molecule has 138 valence electrons. The maximum atomic E-state index is 13.1. The molecule has 2 heterocycles. The lowest BCUT2D eigenvalue weighted by atomic mass is 9.95. The van der Waals surface area contributed by atoms with Crippen LogP contribution in [0.15, 0.2) is 48.5 Å². The monoisotopic (exact) mass is 381 g/mol. The van der Waals surface area contributed by atoms with Crippen molar-refractivity contribution in [1.82, 2.24) is 15.1 Å². The first-order valence-corrected chi connectivity index (χ1v) is 9.19. The molecule has 0 fully saturated rings. The Labute approximate surface area is 162 Å². The van der Waals surface area contributed by atoms with Crippen LogP contribution < -0.4 is 0 Å². The molecule has 0 spiro atoms. The van der Waals surface area contributed by atoms with Gasteiger partial charge in [-0.2, -0.15) is 5.10 Å². The molecule has 1 amide bonds. The zero-order chi connectivity index (χ0) is 19.0. The first kappa shape index (κ1) is 17.8. The Morgan fingerprint density at radius 3 is 2.63 bits per heavy atom. The van der Waals surface area contributed by atoms with Crippen LogP contribution in [0.4, 0.5) is 0 Å². The van der Waals surface area contributed by atoms with Crippen LogP contribution in [-0.2, 0) is 4.74 Å². The van der Waals surface area contributed by atoms with Gasteiger partial charge in [-0.3, -0.25) is 9.89 Å². The number of halogens is 1. The van der Waals surface area contributed by atoms with Gasteiger partial charge in [-0.25, -0.2) is 0 Å². The fourth-order valence-electron chi connectivity index (χ4n) is 3.57. The van der Waals surface area contributed by atoms with Crippen molar-refractivity contribution < 1.29 is 9.53 Å². The van der Waals surface area contributed by atoms with Gasteiger partial charge >= 0.3 is 0 Å². The summed E-state index contributed by atoms with van der Waals surface area (Å²) in [6, 6.07) is 15.5. The molecule has 1 unspecified atom stereocenters. The van der Waals surface area contributed by atoms with Crippen molar-refractivity contribution in [2.75, 3.05) is 20.3 Å². The van der Waals surface area contributed by atoms with Crippen molar-refractivity contribution in [3.63, 3.8) is 0 Å². The Morgan fingerprint density at radius 2 is 1.93 bits per heavy atom. The predicted octanol–water partition coefficient (Wildman–Crippen LogP) is 4.23. The Balaban J connectivity index is 1.88. The lowest BCUT2D eigenvalue weighted by Crippen LogP contribution is -2.32. The van der Waals surface area contributed by atoms with Crippen molar-refractivity contribution in [2.45, 2.75) is 13.0 Å². The molecule has 0 radical (unpaired) electrons. The lowest BCUT2D eigenvalue weighted by molar-refractivity contribution is 0.0677. The van der Waals surface area contributed by atoms with E-state index in [9.17, 15) is 4.79 Å². The van der Waals surface area contributed by atoms with Gasteiger partial charge < -0.3 is 9.64 Å². The van der Waals surface area contributed by atoms with Crippen LogP contribution in [0.25, 0.3) is 11.3 Å². The molecule has 5 nitrogen and oxygen atoms in total. The highest BCUT2D eigenvalue weighted by Crippen LogP contribution is 2.44. The molecule has 1 aromatic heterocycles. The van der Waals surface area contributed by atoms with Crippen LogP contribution in [0, 0.1) is 6.92 Å².